The lowest BCUT2D eigenvalue weighted by Crippen LogP contribution is -2.52. The lowest BCUT2D eigenvalue weighted by molar-refractivity contribution is 0.0499. The molecule has 1 saturated heterocycles. The van der Waals surface area contributed by atoms with E-state index in [1.54, 1.807) is 19.2 Å². The van der Waals surface area contributed by atoms with Gasteiger partial charge in [0.15, 0.2) is 0 Å². The maximum Gasteiger partial charge on any atom is 0.123 e. The number of aryl methyl sites for hydroxylation is 1. The molecule has 2 aromatic rings. The lowest BCUT2D eigenvalue weighted by atomic mass is 10.0. The third-order valence-corrected chi connectivity index (χ3v) is 5.29. The van der Waals surface area contributed by atoms with Crippen LogP contribution in [0.1, 0.15) is 23.1 Å². The fourth-order valence-electron chi connectivity index (χ4n) is 3.90. The number of nitrogens with zero attached hydrogens (tertiary/aromatic N) is 2. The number of piperazine rings is 1. The van der Waals surface area contributed by atoms with E-state index in [0.717, 1.165) is 56.0 Å². The van der Waals surface area contributed by atoms with E-state index in [9.17, 15) is 9.50 Å². The highest BCUT2D eigenvalue weighted by Gasteiger charge is 2.26. The van der Waals surface area contributed by atoms with Crippen LogP contribution in [0.3, 0.4) is 0 Å². The molecular formula is C22H29FN2O2. The Kier molecular flexibility index (Phi) is 6.83. The summed E-state index contributed by atoms with van der Waals surface area (Å²) in [4.78, 5) is 4.80. The SMILES string of the molecule is COc1ccc(CN2CCN(Cc3cccc(F)c3)C[C@H]2CCO)cc1C. The first-order valence-corrected chi connectivity index (χ1v) is 9.54. The topological polar surface area (TPSA) is 35.9 Å². The minimum Gasteiger partial charge on any atom is -0.496 e. The van der Waals surface area contributed by atoms with E-state index in [0.29, 0.717) is 6.04 Å². The van der Waals surface area contributed by atoms with Gasteiger partial charge in [-0.3, -0.25) is 9.80 Å². The van der Waals surface area contributed by atoms with Gasteiger partial charge in [-0.25, -0.2) is 4.39 Å². The highest BCUT2D eigenvalue weighted by molar-refractivity contribution is 5.36. The predicted octanol–water partition coefficient (Wildman–Crippen LogP) is 3.21. The smallest absolute Gasteiger partial charge is 0.123 e. The lowest BCUT2D eigenvalue weighted by Gasteiger charge is -2.41. The number of rotatable bonds is 7. The summed E-state index contributed by atoms with van der Waals surface area (Å²) in [6, 6.07) is 13.4. The van der Waals surface area contributed by atoms with Gasteiger partial charge in [-0.05, 0) is 48.2 Å². The zero-order valence-electron chi connectivity index (χ0n) is 16.2. The number of hydrogen-bond donors (Lipinski definition) is 1. The molecule has 0 spiro atoms. The molecule has 1 aliphatic rings. The fraction of sp³-hybridized carbons (Fsp3) is 0.455. The molecule has 0 amide bonds. The van der Waals surface area contributed by atoms with Gasteiger partial charge in [0.05, 0.1) is 7.11 Å². The minimum absolute atomic E-state index is 0.177. The molecule has 146 valence electrons. The molecule has 0 bridgehead atoms. The quantitative estimate of drug-likeness (QED) is 0.810. The second kappa shape index (κ2) is 9.31. The van der Waals surface area contributed by atoms with Crippen molar-refractivity contribution in [3.63, 3.8) is 0 Å². The Balaban J connectivity index is 1.64. The molecule has 0 saturated carbocycles. The molecule has 1 heterocycles. The van der Waals surface area contributed by atoms with Crippen LogP contribution in [0.15, 0.2) is 42.5 Å². The van der Waals surface area contributed by atoms with Crippen molar-refractivity contribution in [1.29, 1.82) is 0 Å². The minimum atomic E-state index is -0.187. The molecule has 4 nitrogen and oxygen atoms in total. The molecule has 3 rings (SSSR count). The first-order valence-electron chi connectivity index (χ1n) is 9.54. The fourth-order valence-corrected chi connectivity index (χ4v) is 3.90. The Labute approximate surface area is 161 Å². The average molecular weight is 372 g/mol. The van der Waals surface area contributed by atoms with Crippen molar-refractivity contribution in [2.75, 3.05) is 33.4 Å². The second-order valence-corrected chi connectivity index (χ2v) is 7.31. The van der Waals surface area contributed by atoms with E-state index in [1.807, 2.05) is 12.1 Å². The Morgan fingerprint density at radius 1 is 1.11 bits per heavy atom. The summed E-state index contributed by atoms with van der Waals surface area (Å²) < 4.78 is 18.8. The van der Waals surface area contributed by atoms with Crippen molar-refractivity contribution in [2.24, 2.45) is 0 Å². The van der Waals surface area contributed by atoms with E-state index in [1.165, 1.54) is 11.6 Å². The number of methoxy groups -OCH3 is 1. The summed E-state index contributed by atoms with van der Waals surface area (Å²) in [6.45, 7) is 6.60. The number of benzene rings is 2. The third-order valence-electron chi connectivity index (χ3n) is 5.29. The van der Waals surface area contributed by atoms with E-state index in [2.05, 4.69) is 28.9 Å². The van der Waals surface area contributed by atoms with Crippen LogP contribution >= 0.6 is 0 Å². The molecule has 0 radical (unpaired) electrons. The summed E-state index contributed by atoms with van der Waals surface area (Å²) in [7, 11) is 1.69. The van der Waals surface area contributed by atoms with Crippen LogP contribution in [-0.2, 0) is 13.1 Å². The number of aliphatic hydroxyl groups is 1. The number of ether oxygens (including phenoxy) is 1. The number of halogens is 1. The Morgan fingerprint density at radius 2 is 1.93 bits per heavy atom. The van der Waals surface area contributed by atoms with Crippen LogP contribution in [-0.4, -0.2) is 54.3 Å². The molecule has 27 heavy (non-hydrogen) atoms. The summed E-state index contributed by atoms with van der Waals surface area (Å²) in [6.07, 6.45) is 0.745. The van der Waals surface area contributed by atoms with E-state index in [-0.39, 0.29) is 12.4 Å². The summed E-state index contributed by atoms with van der Waals surface area (Å²) in [5, 5.41) is 9.52. The summed E-state index contributed by atoms with van der Waals surface area (Å²) in [5.74, 6) is 0.721. The molecule has 0 aliphatic carbocycles. The molecule has 0 aromatic heterocycles. The van der Waals surface area contributed by atoms with E-state index in [4.69, 9.17) is 4.74 Å². The average Bonchev–Trinajstić information content (AvgIpc) is 2.64. The van der Waals surface area contributed by atoms with Crippen molar-refractivity contribution in [3.05, 3.63) is 65.0 Å². The molecule has 1 fully saturated rings. The van der Waals surface area contributed by atoms with Gasteiger partial charge < -0.3 is 9.84 Å². The first-order chi connectivity index (χ1) is 13.1. The molecule has 5 heteroatoms. The van der Waals surface area contributed by atoms with Crippen LogP contribution in [0.2, 0.25) is 0 Å². The molecule has 0 unspecified atom stereocenters. The van der Waals surface area contributed by atoms with Crippen LogP contribution in [0.4, 0.5) is 4.39 Å². The van der Waals surface area contributed by atoms with Gasteiger partial charge in [-0.2, -0.15) is 0 Å². The van der Waals surface area contributed by atoms with E-state index < -0.39 is 0 Å². The monoisotopic (exact) mass is 372 g/mol. The van der Waals surface area contributed by atoms with E-state index >= 15 is 0 Å². The van der Waals surface area contributed by atoms with Crippen molar-refractivity contribution >= 4 is 0 Å². The highest BCUT2D eigenvalue weighted by atomic mass is 19.1. The van der Waals surface area contributed by atoms with Crippen LogP contribution in [0, 0.1) is 12.7 Å². The van der Waals surface area contributed by atoms with Gasteiger partial charge in [0.25, 0.3) is 0 Å². The van der Waals surface area contributed by atoms with Crippen molar-refractivity contribution < 1.29 is 14.2 Å². The molecule has 1 N–H and O–H groups in total. The van der Waals surface area contributed by atoms with Gasteiger partial charge in [-0.1, -0.05) is 24.3 Å². The van der Waals surface area contributed by atoms with Crippen molar-refractivity contribution in [1.82, 2.24) is 9.80 Å². The summed E-state index contributed by atoms with van der Waals surface area (Å²) in [5.41, 5.74) is 3.39. The number of aliphatic hydroxyl groups excluding tert-OH is 1. The maximum absolute atomic E-state index is 13.4. The van der Waals surface area contributed by atoms with Gasteiger partial charge in [0.2, 0.25) is 0 Å². The largest absolute Gasteiger partial charge is 0.496 e. The maximum atomic E-state index is 13.4. The van der Waals surface area contributed by atoms with Crippen LogP contribution < -0.4 is 4.74 Å². The number of hydrogen-bond acceptors (Lipinski definition) is 4. The zero-order valence-corrected chi connectivity index (χ0v) is 16.2. The molecular weight excluding hydrogens is 343 g/mol. The summed E-state index contributed by atoms with van der Waals surface area (Å²) >= 11 is 0. The van der Waals surface area contributed by atoms with Gasteiger partial charge in [0, 0.05) is 45.4 Å². The highest BCUT2D eigenvalue weighted by Crippen LogP contribution is 2.22. The van der Waals surface area contributed by atoms with Crippen molar-refractivity contribution in [3.8, 4) is 5.75 Å². The molecule has 1 aliphatic heterocycles. The van der Waals surface area contributed by atoms with Crippen LogP contribution in [0.5, 0.6) is 5.75 Å². The third kappa shape index (κ3) is 5.28. The van der Waals surface area contributed by atoms with Gasteiger partial charge in [0.1, 0.15) is 11.6 Å². The zero-order chi connectivity index (χ0) is 19.2. The van der Waals surface area contributed by atoms with Gasteiger partial charge >= 0.3 is 0 Å². The second-order valence-electron chi connectivity index (χ2n) is 7.31. The Hall–Kier alpha value is -1.95. The predicted molar refractivity (Wildman–Crippen MR) is 105 cm³/mol. The first kappa shape index (κ1) is 19.8. The molecule has 1 atom stereocenters. The Morgan fingerprint density at radius 3 is 2.63 bits per heavy atom. The Bertz CT molecular complexity index is 753. The molecule has 2 aromatic carbocycles. The van der Waals surface area contributed by atoms with Crippen LogP contribution in [0.25, 0.3) is 0 Å². The van der Waals surface area contributed by atoms with Gasteiger partial charge in [-0.15, -0.1) is 0 Å². The normalized spacial score (nSPS) is 18.6. The van der Waals surface area contributed by atoms with Crippen molar-refractivity contribution in [2.45, 2.75) is 32.5 Å². The standard InChI is InChI=1S/C22H29FN2O2/c1-17-12-19(6-7-22(17)27-2)15-25-10-9-24(16-21(25)8-11-26)14-18-4-3-5-20(23)13-18/h3-7,12-13,21,26H,8-11,14-16H2,1-2H3/t21-/m1/s1.